The number of hydrogen-bond acceptors (Lipinski definition) is 4. The molecule has 1 atom stereocenters. The molecule has 2 rings (SSSR count). The average molecular weight is 533 g/mol. The third-order valence-electron chi connectivity index (χ3n) is 5.01. The number of rotatable bonds is 6. The van der Waals surface area contributed by atoms with E-state index in [1.165, 1.54) is 12.8 Å². The molecule has 1 aromatic heterocycles. The van der Waals surface area contributed by atoms with Gasteiger partial charge in [0, 0.05) is 25.0 Å². The van der Waals surface area contributed by atoms with Crippen molar-refractivity contribution in [3.63, 3.8) is 0 Å². The Morgan fingerprint density at radius 3 is 2.46 bits per heavy atom. The highest BCUT2D eigenvalue weighted by molar-refractivity contribution is 14.0. The summed E-state index contributed by atoms with van der Waals surface area (Å²) in [7, 11) is 1.66. The van der Waals surface area contributed by atoms with Crippen LogP contribution in [0.5, 0.6) is 0 Å². The Bertz CT molecular complexity index is 613. The Hall–Kier alpha value is -0.620. The van der Waals surface area contributed by atoms with Crippen LogP contribution in [0.25, 0.3) is 0 Å². The summed E-state index contributed by atoms with van der Waals surface area (Å²) < 4.78 is 37.9. The van der Waals surface area contributed by atoms with Gasteiger partial charge in [0.2, 0.25) is 0 Å². The molecule has 162 valence electrons. The van der Waals surface area contributed by atoms with E-state index in [4.69, 9.17) is 0 Å². The molecule has 2 N–H and O–H groups in total. The molecule has 28 heavy (non-hydrogen) atoms. The highest BCUT2D eigenvalue weighted by Gasteiger charge is 2.33. The van der Waals surface area contributed by atoms with Crippen LogP contribution in [-0.4, -0.2) is 48.6 Å². The van der Waals surface area contributed by atoms with Gasteiger partial charge in [0.1, 0.15) is 5.01 Å². The first-order valence-corrected chi connectivity index (χ1v) is 10.3. The molecule has 10 heteroatoms. The van der Waals surface area contributed by atoms with Gasteiger partial charge in [-0.2, -0.15) is 13.2 Å². The second kappa shape index (κ2) is 11.5. The third-order valence-corrected chi connectivity index (χ3v) is 5.86. The summed E-state index contributed by atoms with van der Waals surface area (Å²) in [4.78, 5) is 10.3. The molecule has 1 unspecified atom stereocenters. The highest BCUT2D eigenvalue weighted by atomic mass is 127. The monoisotopic (exact) mass is 533 g/mol. The van der Waals surface area contributed by atoms with Gasteiger partial charge in [0.05, 0.1) is 6.54 Å². The van der Waals surface area contributed by atoms with Crippen molar-refractivity contribution in [2.45, 2.75) is 52.4 Å². The molecule has 1 aliphatic heterocycles. The average Bonchev–Trinajstić information content (AvgIpc) is 3.08. The fourth-order valence-electron chi connectivity index (χ4n) is 3.25. The number of hydrogen-bond donors (Lipinski definition) is 2. The van der Waals surface area contributed by atoms with Crippen LogP contribution in [0.1, 0.15) is 44.3 Å². The van der Waals surface area contributed by atoms with E-state index in [1.54, 1.807) is 7.05 Å². The van der Waals surface area contributed by atoms with Crippen molar-refractivity contribution in [2.24, 2.45) is 16.8 Å². The molecular weight excluding hydrogens is 502 g/mol. The minimum absolute atomic E-state index is 0. The Balaban J connectivity index is 0.00000392. The molecule has 0 spiro atoms. The predicted octanol–water partition coefficient (Wildman–Crippen LogP) is 4.20. The van der Waals surface area contributed by atoms with Gasteiger partial charge in [-0.05, 0) is 37.8 Å². The molecule has 5 nitrogen and oxygen atoms in total. The van der Waals surface area contributed by atoms with E-state index in [0.29, 0.717) is 22.9 Å². The lowest BCUT2D eigenvalue weighted by Crippen LogP contribution is -2.51. The molecule has 2 heterocycles. The Labute approximate surface area is 186 Å². The van der Waals surface area contributed by atoms with Gasteiger partial charge < -0.3 is 10.6 Å². The molecule has 0 radical (unpaired) electrons. The van der Waals surface area contributed by atoms with Gasteiger partial charge in [-0.1, -0.05) is 20.8 Å². The predicted molar refractivity (Wildman–Crippen MR) is 119 cm³/mol. The van der Waals surface area contributed by atoms with Crippen LogP contribution in [0.2, 0.25) is 0 Å². The Morgan fingerprint density at radius 2 is 1.96 bits per heavy atom. The minimum atomic E-state index is -4.40. The quantitative estimate of drug-likeness (QED) is 0.327. The zero-order valence-corrected chi connectivity index (χ0v) is 20.0. The number of guanidine groups is 1. The highest BCUT2D eigenvalue weighted by Crippen LogP contribution is 2.29. The maximum atomic E-state index is 12.6. The lowest BCUT2D eigenvalue weighted by atomic mass is 9.94. The molecule has 0 aliphatic carbocycles. The van der Waals surface area contributed by atoms with Gasteiger partial charge >= 0.3 is 6.18 Å². The Morgan fingerprint density at radius 1 is 1.32 bits per heavy atom. The third kappa shape index (κ3) is 7.66. The Kier molecular flexibility index (Phi) is 10.5. The van der Waals surface area contributed by atoms with Crippen molar-refractivity contribution in [1.29, 1.82) is 0 Å². The summed E-state index contributed by atoms with van der Waals surface area (Å²) in [5.41, 5.74) is -0.841. The normalized spacial score (nSPS) is 18.1. The maximum Gasteiger partial charge on any atom is 0.434 e. The summed E-state index contributed by atoms with van der Waals surface area (Å²) in [6.07, 6.45) is -1.95. The van der Waals surface area contributed by atoms with Crippen molar-refractivity contribution in [2.75, 3.05) is 26.7 Å². The van der Waals surface area contributed by atoms with Crippen molar-refractivity contribution in [3.8, 4) is 0 Å². The molecule has 1 aromatic rings. The van der Waals surface area contributed by atoms with Gasteiger partial charge in [0.25, 0.3) is 0 Å². The summed E-state index contributed by atoms with van der Waals surface area (Å²) in [5, 5.41) is 7.80. The first-order valence-electron chi connectivity index (χ1n) is 9.40. The van der Waals surface area contributed by atoms with E-state index >= 15 is 0 Å². The van der Waals surface area contributed by atoms with Crippen LogP contribution in [0, 0.1) is 11.8 Å². The zero-order valence-electron chi connectivity index (χ0n) is 16.8. The number of alkyl halides is 3. The van der Waals surface area contributed by atoms with E-state index in [9.17, 15) is 13.2 Å². The minimum Gasteiger partial charge on any atom is -0.355 e. The van der Waals surface area contributed by atoms with E-state index in [2.05, 4.69) is 46.3 Å². The fourth-order valence-corrected chi connectivity index (χ4v) is 3.99. The number of thiazole rings is 1. The summed E-state index contributed by atoms with van der Waals surface area (Å²) in [6, 6.07) is 0.396. The number of nitrogens with one attached hydrogen (secondary N) is 2. The van der Waals surface area contributed by atoms with Crippen LogP contribution in [-0.2, 0) is 12.7 Å². The smallest absolute Gasteiger partial charge is 0.355 e. The van der Waals surface area contributed by atoms with Gasteiger partial charge in [-0.25, -0.2) is 4.98 Å². The maximum absolute atomic E-state index is 12.6. The van der Waals surface area contributed by atoms with Crippen LogP contribution < -0.4 is 10.6 Å². The molecular formula is C18H31F3IN5S. The van der Waals surface area contributed by atoms with Crippen LogP contribution in [0.4, 0.5) is 13.2 Å². The summed E-state index contributed by atoms with van der Waals surface area (Å²) in [5.74, 6) is 1.86. The molecule has 1 saturated heterocycles. The van der Waals surface area contributed by atoms with E-state index < -0.39 is 11.9 Å². The van der Waals surface area contributed by atoms with Gasteiger partial charge in [0.15, 0.2) is 11.7 Å². The van der Waals surface area contributed by atoms with E-state index in [0.717, 1.165) is 42.3 Å². The molecule has 0 bridgehead atoms. The lowest BCUT2D eigenvalue weighted by molar-refractivity contribution is -0.140. The number of halogens is 4. The fraction of sp³-hybridized carbons (Fsp3) is 0.778. The number of aromatic nitrogens is 1. The van der Waals surface area contributed by atoms with Crippen LogP contribution in [0.15, 0.2) is 10.4 Å². The van der Waals surface area contributed by atoms with Crippen molar-refractivity contribution in [1.82, 2.24) is 20.5 Å². The molecule has 0 saturated carbocycles. The van der Waals surface area contributed by atoms with E-state index in [-0.39, 0.29) is 30.5 Å². The van der Waals surface area contributed by atoms with Crippen LogP contribution in [0.3, 0.4) is 0 Å². The second-order valence-corrected chi connectivity index (χ2v) is 8.40. The first-order chi connectivity index (χ1) is 12.7. The SMILES string of the molecule is CN=C(NCc1nc(C(F)(F)F)cs1)NCC(C(C)C)N1CCC(C)CC1.I. The standard InChI is InChI=1S/C18H30F3N5S.HI/c1-12(2)14(26-7-5-13(3)6-8-26)9-23-17(22-4)24-10-16-25-15(11-27-16)18(19,20)21;/h11-14H,5-10H2,1-4H3,(H2,22,23,24);1H. The molecule has 0 aromatic carbocycles. The molecule has 0 amide bonds. The first kappa shape index (κ1) is 25.4. The molecule has 1 aliphatic rings. The van der Waals surface area contributed by atoms with Crippen LogP contribution >= 0.6 is 35.3 Å². The zero-order chi connectivity index (χ0) is 20.0. The molecule has 1 fully saturated rings. The number of aliphatic imine (C=N–C) groups is 1. The van der Waals surface area contributed by atoms with Crippen molar-refractivity contribution < 1.29 is 13.2 Å². The van der Waals surface area contributed by atoms with Gasteiger partial charge in [-0.3, -0.25) is 9.89 Å². The largest absolute Gasteiger partial charge is 0.434 e. The number of likely N-dealkylation sites (tertiary alicyclic amines) is 1. The lowest BCUT2D eigenvalue weighted by Gasteiger charge is -2.39. The van der Waals surface area contributed by atoms with Crippen molar-refractivity contribution >= 4 is 41.3 Å². The summed E-state index contributed by atoms with van der Waals surface area (Å²) in [6.45, 7) is 9.91. The summed E-state index contributed by atoms with van der Waals surface area (Å²) >= 11 is 0.996. The van der Waals surface area contributed by atoms with E-state index in [1.807, 2.05) is 0 Å². The topological polar surface area (TPSA) is 52.6 Å². The number of piperidine rings is 1. The van der Waals surface area contributed by atoms with Gasteiger partial charge in [-0.15, -0.1) is 35.3 Å². The number of nitrogens with zero attached hydrogens (tertiary/aromatic N) is 3. The second-order valence-electron chi connectivity index (χ2n) is 7.46. The van der Waals surface area contributed by atoms with Crippen molar-refractivity contribution in [3.05, 3.63) is 16.1 Å².